The molecular weight excluding hydrogens is 474 g/mol. The lowest BCUT2D eigenvalue weighted by Crippen LogP contribution is -2.20. The summed E-state index contributed by atoms with van der Waals surface area (Å²) in [5.41, 5.74) is 8.69. The normalized spacial score (nSPS) is 11.3. The van der Waals surface area contributed by atoms with Crippen molar-refractivity contribution in [3.05, 3.63) is 70.3 Å². The summed E-state index contributed by atoms with van der Waals surface area (Å²) < 4.78 is 5.94. The van der Waals surface area contributed by atoms with E-state index in [9.17, 15) is 9.90 Å². The molecule has 0 aliphatic rings. The van der Waals surface area contributed by atoms with E-state index in [1.807, 2.05) is 30.3 Å². The van der Waals surface area contributed by atoms with Crippen LogP contribution in [0.4, 0.5) is 17.3 Å². The van der Waals surface area contributed by atoms with Crippen LogP contribution in [0.15, 0.2) is 59.2 Å². The van der Waals surface area contributed by atoms with Crippen LogP contribution in [0, 0.1) is 12.3 Å². The van der Waals surface area contributed by atoms with Crippen molar-refractivity contribution in [1.82, 2.24) is 9.97 Å². The van der Waals surface area contributed by atoms with Crippen molar-refractivity contribution in [2.24, 2.45) is 5.73 Å². The van der Waals surface area contributed by atoms with Crippen molar-refractivity contribution in [3.8, 4) is 18.2 Å². The third-order valence-corrected chi connectivity index (χ3v) is 4.90. The van der Waals surface area contributed by atoms with Crippen molar-refractivity contribution >= 4 is 39.2 Å². The molecule has 0 saturated carbocycles. The van der Waals surface area contributed by atoms with Gasteiger partial charge in [0.05, 0.1) is 17.3 Å². The first-order valence-corrected chi connectivity index (χ1v) is 10.5. The van der Waals surface area contributed by atoms with E-state index in [1.165, 1.54) is 6.20 Å². The van der Waals surface area contributed by atoms with E-state index in [4.69, 9.17) is 16.9 Å². The lowest BCUT2D eigenvalue weighted by atomic mass is 10.0. The number of terminal acetylenes is 1. The Bertz CT molecular complexity index is 1120. The minimum absolute atomic E-state index is 0.0658. The van der Waals surface area contributed by atoms with Gasteiger partial charge in [0, 0.05) is 23.8 Å². The predicted molar refractivity (Wildman–Crippen MR) is 126 cm³/mol. The molecule has 5 N–H and O–H groups in total. The Morgan fingerprint density at radius 2 is 2.00 bits per heavy atom. The van der Waals surface area contributed by atoms with Gasteiger partial charge >= 0.3 is 0 Å². The Kier molecular flexibility index (Phi) is 8.16. The maximum Gasteiger partial charge on any atom is 0.233 e. The summed E-state index contributed by atoms with van der Waals surface area (Å²) in [6, 6.07) is 14.1. The summed E-state index contributed by atoms with van der Waals surface area (Å²) in [5.74, 6) is 2.69. The average Bonchev–Trinajstić information content (AvgIpc) is 2.79. The van der Waals surface area contributed by atoms with Gasteiger partial charge in [-0.3, -0.25) is 4.79 Å². The molecule has 3 rings (SSSR count). The van der Waals surface area contributed by atoms with Crippen LogP contribution >= 0.6 is 15.9 Å². The summed E-state index contributed by atoms with van der Waals surface area (Å²) in [6.45, 7) is -0.143. The van der Waals surface area contributed by atoms with E-state index < -0.39 is 6.04 Å². The summed E-state index contributed by atoms with van der Waals surface area (Å²) in [4.78, 5) is 21.0. The first kappa shape index (κ1) is 23.2. The van der Waals surface area contributed by atoms with Crippen LogP contribution in [0.5, 0.6) is 5.88 Å². The van der Waals surface area contributed by atoms with E-state index in [0.717, 1.165) is 5.56 Å². The number of nitrogens with one attached hydrogen (secondary N) is 2. The number of ether oxygens (including phenoxy) is 1. The Labute approximate surface area is 194 Å². The molecule has 32 heavy (non-hydrogen) atoms. The largest absolute Gasteiger partial charge is 0.464 e. The highest BCUT2D eigenvalue weighted by molar-refractivity contribution is 9.10. The van der Waals surface area contributed by atoms with Gasteiger partial charge in [0.25, 0.3) is 0 Å². The van der Waals surface area contributed by atoms with Gasteiger partial charge in [-0.15, -0.1) is 6.42 Å². The molecule has 3 aromatic rings. The number of halogens is 1. The number of hydrogen-bond acceptors (Lipinski definition) is 7. The van der Waals surface area contributed by atoms with Crippen molar-refractivity contribution in [2.75, 3.05) is 17.2 Å². The van der Waals surface area contributed by atoms with E-state index in [2.05, 4.69) is 42.5 Å². The van der Waals surface area contributed by atoms with Crippen LogP contribution in [-0.2, 0) is 11.4 Å². The maximum absolute atomic E-state index is 12.5. The van der Waals surface area contributed by atoms with Crippen LogP contribution in [0.1, 0.15) is 23.6 Å². The van der Waals surface area contributed by atoms with E-state index in [-0.39, 0.29) is 31.5 Å². The molecule has 0 fully saturated rings. The first-order chi connectivity index (χ1) is 15.5. The molecular formula is C23H22BrN5O3. The predicted octanol–water partition coefficient (Wildman–Crippen LogP) is 3.52. The van der Waals surface area contributed by atoms with Gasteiger partial charge in [-0.2, -0.15) is 4.98 Å². The molecule has 0 aliphatic carbocycles. The molecule has 0 spiro atoms. The van der Waals surface area contributed by atoms with E-state index in [1.54, 1.807) is 18.2 Å². The maximum atomic E-state index is 12.5. The van der Waals surface area contributed by atoms with E-state index in [0.29, 0.717) is 27.3 Å². The smallest absolute Gasteiger partial charge is 0.233 e. The Morgan fingerprint density at radius 3 is 2.72 bits per heavy atom. The molecule has 1 atom stereocenters. The second-order valence-corrected chi connectivity index (χ2v) is 7.67. The van der Waals surface area contributed by atoms with Crippen LogP contribution in [0.2, 0.25) is 0 Å². The lowest BCUT2D eigenvalue weighted by Gasteiger charge is -2.14. The minimum Gasteiger partial charge on any atom is -0.464 e. The lowest BCUT2D eigenvalue weighted by molar-refractivity contribution is -0.116. The summed E-state index contributed by atoms with van der Waals surface area (Å²) >= 11 is 3.31. The molecule has 8 nitrogen and oxygen atoms in total. The fraction of sp³-hybridized carbons (Fsp3) is 0.174. The molecule has 1 heterocycles. The first-order valence-electron chi connectivity index (χ1n) is 9.69. The third kappa shape index (κ3) is 6.52. The van der Waals surface area contributed by atoms with Gasteiger partial charge in [0.15, 0.2) is 6.61 Å². The fourth-order valence-electron chi connectivity index (χ4n) is 2.91. The number of carbonyl (C=O) groups excluding carboxylic acids is 1. The zero-order valence-electron chi connectivity index (χ0n) is 17.1. The van der Waals surface area contributed by atoms with Gasteiger partial charge < -0.3 is 26.2 Å². The zero-order chi connectivity index (χ0) is 22.9. The van der Waals surface area contributed by atoms with Gasteiger partial charge in [-0.25, -0.2) is 4.98 Å². The van der Waals surface area contributed by atoms with Gasteiger partial charge in [0.2, 0.25) is 17.7 Å². The van der Waals surface area contributed by atoms with Crippen LogP contribution in [0.3, 0.4) is 0 Å². The van der Waals surface area contributed by atoms with Crippen LogP contribution < -0.4 is 21.1 Å². The van der Waals surface area contributed by atoms with Crippen molar-refractivity contribution in [1.29, 1.82) is 0 Å². The Morgan fingerprint density at radius 1 is 1.25 bits per heavy atom. The third-order valence-electron chi connectivity index (χ3n) is 4.35. The number of hydrogen-bond donors (Lipinski definition) is 4. The second kappa shape index (κ2) is 11.2. The molecule has 0 bridgehead atoms. The highest BCUT2D eigenvalue weighted by Crippen LogP contribution is 2.26. The standard InChI is InChI=1S/C23H22BrN5O3/c1-2-8-32-22-19(24)13-26-23(29-22)28-18-10-15(14-30)9-17(11-18)27-21(31)12-20(25)16-6-4-3-5-7-16/h1,3-7,9-11,13,20,30H,8,12,14,25H2,(H,27,31)(H,26,28,29). The SMILES string of the molecule is C#CCOc1nc(Nc2cc(CO)cc(NC(=O)CC(N)c3ccccc3)c2)ncc1Br. The number of carbonyl (C=O) groups is 1. The van der Waals surface area contributed by atoms with Crippen LogP contribution in [0.25, 0.3) is 0 Å². The molecule has 0 radical (unpaired) electrons. The summed E-state index contributed by atoms with van der Waals surface area (Å²) in [5, 5.41) is 15.5. The van der Waals surface area contributed by atoms with Gasteiger partial charge in [-0.05, 0) is 45.3 Å². The van der Waals surface area contributed by atoms with Crippen LogP contribution in [-0.4, -0.2) is 27.6 Å². The number of amides is 1. The molecule has 9 heteroatoms. The summed E-state index contributed by atoms with van der Waals surface area (Å²) in [7, 11) is 0. The van der Waals surface area contributed by atoms with Crippen molar-refractivity contribution in [2.45, 2.75) is 19.1 Å². The van der Waals surface area contributed by atoms with Crippen molar-refractivity contribution < 1.29 is 14.6 Å². The number of rotatable bonds is 9. The molecule has 1 amide bonds. The zero-order valence-corrected chi connectivity index (χ0v) is 18.7. The molecule has 164 valence electrons. The second-order valence-electron chi connectivity index (χ2n) is 6.81. The Balaban J connectivity index is 1.73. The Hall–Kier alpha value is -3.45. The molecule has 1 aromatic heterocycles. The molecule has 0 saturated heterocycles. The molecule has 2 aromatic carbocycles. The monoisotopic (exact) mass is 495 g/mol. The van der Waals surface area contributed by atoms with E-state index >= 15 is 0 Å². The number of nitrogens with zero attached hydrogens (tertiary/aromatic N) is 2. The highest BCUT2D eigenvalue weighted by Gasteiger charge is 2.13. The number of aliphatic hydroxyl groups excluding tert-OH is 1. The summed E-state index contributed by atoms with van der Waals surface area (Å²) in [6.07, 6.45) is 6.87. The average molecular weight is 496 g/mol. The number of aliphatic hydroxyl groups is 1. The quantitative estimate of drug-likeness (QED) is 0.335. The number of aromatic nitrogens is 2. The highest BCUT2D eigenvalue weighted by atomic mass is 79.9. The number of nitrogens with two attached hydrogens (primary N) is 1. The van der Waals surface area contributed by atoms with Crippen molar-refractivity contribution in [3.63, 3.8) is 0 Å². The fourth-order valence-corrected chi connectivity index (χ4v) is 3.22. The number of anilines is 3. The minimum atomic E-state index is -0.424. The van der Waals surface area contributed by atoms with Gasteiger partial charge in [-0.1, -0.05) is 36.3 Å². The number of benzene rings is 2. The topological polar surface area (TPSA) is 122 Å². The molecule has 1 unspecified atom stereocenters. The van der Waals surface area contributed by atoms with Gasteiger partial charge in [0.1, 0.15) is 0 Å². The molecule has 0 aliphatic heterocycles.